The maximum Gasteiger partial charge on any atom is 0.136 e. The zero-order valence-corrected chi connectivity index (χ0v) is 14.5. The molecule has 2 aromatic rings. The minimum absolute atomic E-state index is 0.264. The predicted molar refractivity (Wildman–Crippen MR) is 95.1 cm³/mol. The molecule has 1 saturated heterocycles. The SMILES string of the molecule is OC[C@@H]1O[C@@H](Sc2ccccc2)[C@H](O)[C@@H](OCc2ccccc2)[C@@H]1O. The van der Waals surface area contributed by atoms with Crippen molar-refractivity contribution in [3.05, 3.63) is 66.2 Å². The highest BCUT2D eigenvalue weighted by Gasteiger charge is 2.45. The topological polar surface area (TPSA) is 79.2 Å². The molecule has 1 aliphatic heterocycles. The van der Waals surface area contributed by atoms with Gasteiger partial charge in [0.15, 0.2) is 0 Å². The number of aliphatic hydroxyl groups is 3. The fraction of sp³-hybridized carbons (Fsp3) is 0.368. The first-order valence-electron chi connectivity index (χ1n) is 8.18. The molecule has 6 heteroatoms. The summed E-state index contributed by atoms with van der Waals surface area (Å²) >= 11 is 1.34. The van der Waals surface area contributed by atoms with Crippen molar-refractivity contribution in [1.29, 1.82) is 0 Å². The molecule has 0 bridgehead atoms. The predicted octanol–water partition coefficient (Wildman–Crippen LogP) is 1.80. The van der Waals surface area contributed by atoms with Crippen LogP contribution in [0, 0.1) is 0 Å². The summed E-state index contributed by atoms with van der Waals surface area (Å²) in [5, 5.41) is 30.5. The monoisotopic (exact) mass is 362 g/mol. The fourth-order valence-electron chi connectivity index (χ4n) is 2.75. The van der Waals surface area contributed by atoms with Crippen LogP contribution in [0.3, 0.4) is 0 Å². The number of ether oxygens (including phenoxy) is 2. The third-order valence-corrected chi connectivity index (χ3v) is 5.27. The zero-order chi connectivity index (χ0) is 17.6. The third-order valence-electron chi connectivity index (χ3n) is 4.10. The van der Waals surface area contributed by atoms with Crippen molar-refractivity contribution in [2.45, 2.75) is 41.4 Å². The Morgan fingerprint density at radius 1 is 0.920 bits per heavy atom. The largest absolute Gasteiger partial charge is 0.394 e. The van der Waals surface area contributed by atoms with E-state index >= 15 is 0 Å². The van der Waals surface area contributed by atoms with E-state index in [1.165, 1.54) is 11.8 Å². The molecular formula is C19H22O5S. The van der Waals surface area contributed by atoms with Crippen molar-refractivity contribution in [2.24, 2.45) is 0 Å². The molecular weight excluding hydrogens is 340 g/mol. The number of aliphatic hydroxyl groups excluding tert-OH is 3. The minimum atomic E-state index is -1.10. The standard InChI is InChI=1S/C19H22O5S/c20-11-15-16(21)18(23-12-13-7-3-1-4-8-13)17(22)19(24-15)25-14-9-5-2-6-10-14/h1-10,15-22H,11-12H2/t15-,16+,17+,18-,19-/m0/s1. The molecule has 1 aliphatic rings. The van der Waals surface area contributed by atoms with Crippen LogP contribution < -0.4 is 0 Å². The van der Waals surface area contributed by atoms with Gasteiger partial charge in [0, 0.05) is 4.90 Å². The molecule has 2 aromatic carbocycles. The normalized spacial score (nSPS) is 29.5. The molecule has 3 rings (SSSR count). The summed E-state index contributed by atoms with van der Waals surface area (Å²) in [6.45, 7) is -0.0779. The van der Waals surface area contributed by atoms with Crippen LogP contribution in [0.1, 0.15) is 5.56 Å². The Kier molecular flexibility index (Phi) is 6.47. The molecule has 0 aromatic heterocycles. The molecule has 5 atom stereocenters. The quantitative estimate of drug-likeness (QED) is 0.727. The molecule has 0 aliphatic carbocycles. The first-order chi connectivity index (χ1) is 12.2. The van der Waals surface area contributed by atoms with Crippen LogP contribution in [0.25, 0.3) is 0 Å². The van der Waals surface area contributed by atoms with Crippen LogP contribution in [0.2, 0.25) is 0 Å². The molecule has 134 valence electrons. The average Bonchev–Trinajstić information content (AvgIpc) is 2.65. The lowest BCUT2D eigenvalue weighted by atomic mass is 10.00. The Balaban J connectivity index is 1.70. The lowest BCUT2D eigenvalue weighted by Gasteiger charge is -2.41. The van der Waals surface area contributed by atoms with E-state index in [0.29, 0.717) is 0 Å². The van der Waals surface area contributed by atoms with Crippen molar-refractivity contribution in [3.63, 3.8) is 0 Å². The van der Waals surface area contributed by atoms with Crippen molar-refractivity contribution in [1.82, 2.24) is 0 Å². The molecule has 1 fully saturated rings. The molecule has 0 radical (unpaired) electrons. The Hall–Kier alpha value is -1.41. The summed E-state index contributed by atoms with van der Waals surface area (Å²) in [6, 6.07) is 19.1. The van der Waals surface area contributed by atoms with Crippen LogP contribution in [-0.4, -0.2) is 51.8 Å². The fourth-order valence-corrected chi connectivity index (χ4v) is 3.82. The van der Waals surface area contributed by atoms with Crippen molar-refractivity contribution in [2.75, 3.05) is 6.61 Å². The van der Waals surface area contributed by atoms with Gasteiger partial charge in [0.1, 0.15) is 29.9 Å². The van der Waals surface area contributed by atoms with E-state index in [1.54, 1.807) is 0 Å². The van der Waals surface area contributed by atoms with E-state index < -0.39 is 29.9 Å². The molecule has 1 heterocycles. The van der Waals surface area contributed by atoms with Gasteiger partial charge >= 0.3 is 0 Å². The number of rotatable bonds is 6. The second-order valence-corrected chi connectivity index (χ2v) is 7.07. The number of benzene rings is 2. The van der Waals surface area contributed by atoms with Crippen LogP contribution >= 0.6 is 11.8 Å². The highest BCUT2D eigenvalue weighted by atomic mass is 32.2. The Labute approximate surface area is 151 Å². The maximum atomic E-state index is 10.6. The van der Waals surface area contributed by atoms with Gasteiger partial charge in [0.05, 0.1) is 13.2 Å². The Morgan fingerprint density at radius 2 is 1.56 bits per heavy atom. The Morgan fingerprint density at radius 3 is 2.20 bits per heavy atom. The summed E-state index contributed by atoms with van der Waals surface area (Å²) in [5.74, 6) is 0. The van der Waals surface area contributed by atoms with Gasteiger partial charge in [-0.2, -0.15) is 0 Å². The van der Waals surface area contributed by atoms with Crippen molar-refractivity contribution in [3.8, 4) is 0 Å². The summed E-state index contributed by atoms with van der Waals surface area (Å²) in [6.07, 6.45) is -3.76. The van der Waals surface area contributed by atoms with E-state index in [1.807, 2.05) is 60.7 Å². The lowest BCUT2D eigenvalue weighted by molar-refractivity contribution is -0.223. The number of hydrogen-bond donors (Lipinski definition) is 3. The Bertz CT molecular complexity index is 639. The van der Waals surface area contributed by atoms with Gasteiger partial charge in [-0.3, -0.25) is 0 Å². The van der Waals surface area contributed by atoms with Gasteiger partial charge < -0.3 is 24.8 Å². The van der Waals surface area contributed by atoms with Gasteiger partial charge in [-0.05, 0) is 17.7 Å². The first kappa shape index (κ1) is 18.4. The van der Waals surface area contributed by atoms with Gasteiger partial charge in [-0.1, -0.05) is 60.3 Å². The lowest BCUT2D eigenvalue weighted by Crippen LogP contribution is -2.58. The van der Waals surface area contributed by atoms with Gasteiger partial charge in [0.2, 0.25) is 0 Å². The summed E-state index contributed by atoms with van der Waals surface area (Å²) in [4.78, 5) is 0.932. The second kappa shape index (κ2) is 8.80. The summed E-state index contributed by atoms with van der Waals surface area (Å²) in [5.41, 5.74) is 0.310. The molecule has 0 spiro atoms. The molecule has 3 N–H and O–H groups in total. The van der Waals surface area contributed by atoms with Crippen molar-refractivity contribution < 1.29 is 24.8 Å². The molecule has 0 amide bonds. The second-order valence-electron chi connectivity index (χ2n) is 5.90. The van der Waals surface area contributed by atoms with Crippen LogP contribution in [0.5, 0.6) is 0 Å². The van der Waals surface area contributed by atoms with Crippen LogP contribution in [-0.2, 0) is 16.1 Å². The average molecular weight is 362 g/mol. The van der Waals surface area contributed by atoms with Gasteiger partial charge in [0.25, 0.3) is 0 Å². The summed E-state index contributed by atoms with van der Waals surface area (Å²) in [7, 11) is 0. The van der Waals surface area contributed by atoms with Gasteiger partial charge in [-0.15, -0.1) is 0 Å². The number of thioether (sulfide) groups is 1. The molecule has 5 nitrogen and oxygen atoms in total. The van der Waals surface area contributed by atoms with E-state index in [0.717, 1.165) is 10.5 Å². The molecule has 0 saturated carbocycles. The maximum absolute atomic E-state index is 10.6. The van der Waals surface area contributed by atoms with Crippen molar-refractivity contribution >= 4 is 11.8 Å². The first-order valence-corrected chi connectivity index (χ1v) is 9.06. The van der Waals surface area contributed by atoms with Crippen LogP contribution in [0.15, 0.2) is 65.6 Å². The number of hydrogen-bond acceptors (Lipinski definition) is 6. The van der Waals surface area contributed by atoms with E-state index in [9.17, 15) is 15.3 Å². The zero-order valence-electron chi connectivity index (χ0n) is 13.6. The van der Waals surface area contributed by atoms with E-state index in [4.69, 9.17) is 9.47 Å². The molecule has 0 unspecified atom stereocenters. The molecule has 25 heavy (non-hydrogen) atoms. The highest BCUT2D eigenvalue weighted by molar-refractivity contribution is 7.99. The van der Waals surface area contributed by atoms with Crippen LogP contribution in [0.4, 0.5) is 0 Å². The summed E-state index contributed by atoms with van der Waals surface area (Å²) < 4.78 is 11.5. The van der Waals surface area contributed by atoms with E-state index in [-0.39, 0.29) is 13.2 Å². The van der Waals surface area contributed by atoms with E-state index in [2.05, 4.69) is 0 Å². The highest BCUT2D eigenvalue weighted by Crippen LogP contribution is 2.34. The van der Waals surface area contributed by atoms with Gasteiger partial charge in [-0.25, -0.2) is 0 Å². The third kappa shape index (κ3) is 4.61. The smallest absolute Gasteiger partial charge is 0.136 e. The minimum Gasteiger partial charge on any atom is -0.394 e.